The van der Waals surface area contributed by atoms with E-state index in [0.717, 1.165) is 78.6 Å². The molecular formula is C38H52N6O5. The first kappa shape index (κ1) is 33.5. The maximum Gasteiger partial charge on any atom is 0.410 e. The molecule has 0 aliphatic carbocycles. The van der Waals surface area contributed by atoms with Crippen molar-refractivity contribution in [2.24, 2.45) is 11.8 Å². The zero-order valence-corrected chi connectivity index (χ0v) is 29.1. The summed E-state index contributed by atoms with van der Waals surface area (Å²) in [5.41, 5.74) is 4.95. The molecule has 11 nitrogen and oxygen atoms in total. The Morgan fingerprint density at radius 2 is 1.61 bits per heavy atom. The Labute approximate surface area is 290 Å². The van der Waals surface area contributed by atoms with Crippen molar-refractivity contribution in [3.05, 3.63) is 53.1 Å². The number of carbonyl (C=O) groups excluding carboxylic acids is 3. The Kier molecular flexibility index (Phi) is 10.2. The number of hydrogen-bond donors (Lipinski definition) is 2. The standard InChI is InChI=1S/C38H52N6O5/c1-26-23-27(24-33-35(26)39-14-22-48-33)25-34(36(45)42-17-9-29(10-18-42)28-7-15-41(2)16-8-28)49-38(47)43-19-12-31(13-20-43)44-21-11-30-5-3-4-6-32(30)40-37(44)46/h3-6,23-24,28-29,31,34,39H,7-22,25H2,1-2H3,(H,40,46)/t34-/m1/s1. The number of nitrogens with zero attached hydrogens (tertiary/aromatic N) is 4. The van der Waals surface area contributed by atoms with Crippen LogP contribution in [0.15, 0.2) is 36.4 Å². The lowest BCUT2D eigenvalue weighted by atomic mass is 9.79. The van der Waals surface area contributed by atoms with Crippen molar-refractivity contribution in [3.8, 4) is 5.75 Å². The molecule has 264 valence electrons. The van der Waals surface area contributed by atoms with Gasteiger partial charge in [-0.15, -0.1) is 0 Å². The summed E-state index contributed by atoms with van der Waals surface area (Å²) in [7, 11) is 2.20. The minimum Gasteiger partial charge on any atom is -0.490 e. The summed E-state index contributed by atoms with van der Waals surface area (Å²) < 4.78 is 12.1. The molecule has 7 rings (SSSR count). The molecule has 0 spiro atoms. The molecule has 0 unspecified atom stereocenters. The minimum atomic E-state index is -0.922. The largest absolute Gasteiger partial charge is 0.490 e. The number of amides is 4. The molecule has 2 aromatic rings. The molecule has 3 fully saturated rings. The lowest BCUT2D eigenvalue weighted by molar-refractivity contribution is -0.142. The first-order valence-corrected chi connectivity index (χ1v) is 18.4. The number of rotatable bonds is 6. The molecule has 5 heterocycles. The average Bonchev–Trinajstić information content (AvgIpc) is 3.29. The molecule has 2 aromatic carbocycles. The van der Waals surface area contributed by atoms with E-state index in [2.05, 4.69) is 34.7 Å². The predicted molar refractivity (Wildman–Crippen MR) is 189 cm³/mol. The van der Waals surface area contributed by atoms with Gasteiger partial charge in [-0.3, -0.25) is 4.79 Å². The van der Waals surface area contributed by atoms with Gasteiger partial charge in [-0.05, 0) is 113 Å². The van der Waals surface area contributed by atoms with Gasteiger partial charge in [-0.2, -0.15) is 0 Å². The molecule has 0 aromatic heterocycles. The third-order valence-electron chi connectivity index (χ3n) is 11.5. The summed E-state index contributed by atoms with van der Waals surface area (Å²) in [5.74, 6) is 2.04. The van der Waals surface area contributed by atoms with E-state index in [-0.39, 0.29) is 18.0 Å². The third kappa shape index (κ3) is 7.61. The number of anilines is 2. The second kappa shape index (κ2) is 14.9. The second-order valence-electron chi connectivity index (χ2n) is 14.7. The van der Waals surface area contributed by atoms with E-state index in [0.29, 0.717) is 64.5 Å². The normalized spacial score (nSPS) is 21.8. The highest BCUT2D eigenvalue weighted by atomic mass is 16.6. The van der Waals surface area contributed by atoms with E-state index >= 15 is 0 Å². The van der Waals surface area contributed by atoms with Gasteiger partial charge in [0.05, 0.1) is 5.69 Å². The Morgan fingerprint density at radius 1 is 0.918 bits per heavy atom. The average molecular weight is 673 g/mol. The number of benzene rings is 2. The topological polar surface area (TPSA) is 107 Å². The maximum atomic E-state index is 14.2. The lowest BCUT2D eigenvalue weighted by Crippen LogP contribution is -2.52. The van der Waals surface area contributed by atoms with Gasteiger partial charge in [-0.25, -0.2) is 9.59 Å². The van der Waals surface area contributed by atoms with Gasteiger partial charge in [0.25, 0.3) is 5.91 Å². The van der Waals surface area contributed by atoms with Gasteiger partial charge in [-0.1, -0.05) is 24.3 Å². The number of aryl methyl sites for hydroxylation is 1. The SMILES string of the molecule is Cc1cc(C[C@@H](OC(=O)N2CCC(N3CCc4ccccc4NC3=O)CC2)C(=O)N2CCC(C3CCN(C)CC3)CC2)cc2c1NCCO2. The third-order valence-corrected chi connectivity index (χ3v) is 11.5. The summed E-state index contributed by atoms with van der Waals surface area (Å²) in [6.07, 6.45) is 5.50. The molecule has 49 heavy (non-hydrogen) atoms. The Bertz CT molecular complexity index is 1510. The molecule has 2 N–H and O–H groups in total. The van der Waals surface area contributed by atoms with Crippen molar-refractivity contribution in [3.63, 3.8) is 0 Å². The Morgan fingerprint density at radius 3 is 2.37 bits per heavy atom. The molecule has 3 saturated heterocycles. The van der Waals surface area contributed by atoms with E-state index in [9.17, 15) is 14.4 Å². The zero-order chi connectivity index (χ0) is 33.9. The fraction of sp³-hybridized carbons (Fsp3) is 0.605. The van der Waals surface area contributed by atoms with Gasteiger partial charge in [0.15, 0.2) is 6.10 Å². The summed E-state index contributed by atoms with van der Waals surface area (Å²) in [5, 5.41) is 6.48. The van der Waals surface area contributed by atoms with Crippen molar-refractivity contribution < 1.29 is 23.9 Å². The van der Waals surface area contributed by atoms with Gasteiger partial charge in [0, 0.05) is 57.4 Å². The summed E-state index contributed by atoms with van der Waals surface area (Å²) in [6, 6.07) is 11.9. The Hall–Kier alpha value is -3.99. The quantitative estimate of drug-likeness (QED) is 0.446. The number of nitrogens with one attached hydrogen (secondary N) is 2. The number of para-hydroxylation sites is 1. The van der Waals surface area contributed by atoms with E-state index in [1.165, 1.54) is 12.8 Å². The number of piperidine rings is 3. The van der Waals surface area contributed by atoms with Gasteiger partial charge < -0.3 is 39.7 Å². The molecule has 0 bridgehead atoms. The van der Waals surface area contributed by atoms with Gasteiger partial charge >= 0.3 is 12.1 Å². The molecule has 4 amide bonds. The zero-order valence-electron chi connectivity index (χ0n) is 29.1. The van der Waals surface area contributed by atoms with E-state index in [4.69, 9.17) is 9.47 Å². The molecule has 0 radical (unpaired) electrons. The summed E-state index contributed by atoms with van der Waals surface area (Å²) in [4.78, 5) is 49.0. The van der Waals surface area contributed by atoms with Crippen molar-refractivity contribution in [1.82, 2.24) is 19.6 Å². The van der Waals surface area contributed by atoms with Crippen LogP contribution in [0.2, 0.25) is 0 Å². The van der Waals surface area contributed by atoms with Crippen LogP contribution >= 0.6 is 0 Å². The van der Waals surface area contributed by atoms with Crippen molar-refractivity contribution in [2.75, 3.05) is 76.6 Å². The van der Waals surface area contributed by atoms with Crippen LogP contribution in [-0.2, 0) is 22.4 Å². The van der Waals surface area contributed by atoms with Gasteiger partial charge in [0.1, 0.15) is 12.4 Å². The highest BCUT2D eigenvalue weighted by Gasteiger charge is 2.37. The highest BCUT2D eigenvalue weighted by molar-refractivity contribution is 5.91. The molecule has 5 aliphatic heterocycles. The van der Waals surface area contributed by atoms with Crippen LogP contribution in [0.25, 0.3) is 0 Å². The summed E-state index contributed by atoms with van der Waals surface area (Å²) >= 11 is 0. The van der Waals surface area contributed by atoms with Crippen LogP contribution in [0.1, 0.15) is 55.2 Å². The Balaban J connectivity index is 0.998. The van der Waals surface area contributed by atoms with Crippen LogP contribution in [0.5, 0.6) is 5.75 Å². The van der Waals surface area contributed by atoms with Crippen LogP contribution in [-0.4, -0.2) is 116 Å². The van der Waals surface area contributed by atoms with E-state index in [1.807, 2.05) is 41.0 Å². The number of likely N-dealkylation sites (tertiary alicyclic amines) is 3. The second-order valence-corrected chi connectivity index (χ2v) is 14.7. The number of carbonyl (C=O) groups is 3. The molecule has 11 heteroatoms. The number of ether oxygens (including phenoxy) is 2. The van der Waals surface area contributed by atoms with E-state index in [1.54, 1.807) is 4.90 Å². The number of fused-ring (bicyclic) bond motifs is 2. The van der Waals surface area contributed by atoms with Crippen molar-refractivity contribution >= 4 is 29.4 Å². The number of urea groups is 1. The fourth-order valence-corrected chi connectivity index (χ4v) is 8.60. The predicted octanol–water partition coefficient (Wildman–Crippen LogP) is 4.98. The van der Waals surface area contributed by atoms with Crippen LogP contribution in [0.4, 0.5) is 21.0 Å². The first-order valence-electron chi connectivity index (χ1n) is 18.4. The number of hydrogen-bond acceptors (Lipinski definition) is 7. The fourth-order valence-electron chi connectivity index (χ4n) is 8.60. The first-order chi connectivity index (χ1) is 23.8. The van der Waals surface area contributed by atoms with Crippen molar-refractivity contribution in [2.45, 2.75) is 70.4 Å². The minimum absolute atomic E-state index is 0.0359. The van der Waals surface area contributed by atoms with Crippen LogP contribution in [0.3, 0.4) is 0 Å². The summed E-state index contributed by atoms with van der Waals surface area (Å²) in [6.45, 7) is 8.67. The van der Waals surface area contributed by atoms with Crippen molar-refractivity contribution in [1.29, 1.82) is 0 Å². The molecule has 5 aliphatic rings. The monoisotopic (exact) mass is 672 g/mol. The van der Waals surface area contributed by atoms with Gasteiger partial charge in [0.2, 0.25) is 0 Å². The highest BCUT2D eigenvalue weighted by Crippen LogP contribution is 2.35. The molecule has 1 atom stereocenters. The lowest BCUT2D eigenvalue weighted by Gasteiger charge is -2.40. The molecule has 0 saturated carbocycles. The van der Waals surface area contributed by atoms with Crippen LogP contribution < -0.4 is 15.4 Å². The van der Waals surface area contributed by atoms with Crippen LogP contribution in [0, 0.1) is 18.8 Å². The smallest absolute Gasteiger partial charge is 0.410 e. The molecular weight excluding hydrogens is 620 g/mol. The maximum absolute atomic E-state index is 14.2. The van der Waals surface area contributed by atoms with E-state index < -0.39 is 12.2 Å².